The summed E-state index contributed by atoms with van der Waals surface area (Å²) in [6, 6.07) is 26.7. The summed E-state index contributed by atoms with van der Waals surface area (Å²) in [5.74, 6) is 0.273. The molecule has 5 nitrogen and oxygen atoms in total. The van der Waals surface area contributed by atoms with E-state index >= 15 is 0 Å². The Kier molecular flexibility index (Phi) is 6.69. The van der Waals surface area contributed by atoms with Crippen LogP contribution in [0.4, 0.5) is 5.69 Å². The summed E-state index contributed by atoms with van der Waals surface area (Å²) in [7, 11) is 0. The Labute approximate surface area is 207 Å². The lowest BCUT2D eigenvalue weighted by atomic mass is 9.82. The van der Waals surface area contributed by atoms with E-state index in [1.54, 1.807) is 0 Å². The van der Waals surface area contributed by atoms with Crippen molar-refractivity contribution in [1.82, 2.24) is 0 Å². The van der Waals surface area contributed by atoms with Gasteiger partial charge < -0.3 is 14.5 Å². The smallest absolute Gasteiger partial charge is 0.333 e. The summed E-state index contributed by atoms with van der Waals surface area (Å²) in [6.45, 7) is 5.13. The second-order valence-electron chi connectivity index (χ2n) is 10.1. The van der Waals surface area contributed by atoms with Crippen LogP contribution < -0.4 is 5.32 Å². The highest BCUT2D eigenvalue weighted by Crippen LogP contribution is 2.36. The zero-order valence-electron chi connectivity index (χ0n) is 20.2. The van der Waals surface area contributed by atoms with Gasteiger partial charge in [-0.05, 0) is 30.7 Å². The molecule has 35 heavy (non-hydrogen) atoms. The average molecular weight is 470 g/mol. The molecular weight excluding hydrogens is 436 g/mol. The summed E-state index contributed by atoms with van der Waals surface area (Å²) in [5.41, 5.74) is 3.62. The molecule has 0 radical (unpaired) electrons. The highest BCUT2D eigenvalue weighted by atomic mass is 16.5. The number of hydrogen-bond acceptors (Lipinski definition) is 4. The molecule has 0 saturated carbocycles. The Morgan fingerprint density at radius 1 is 0.943 bits per heavy atom. The molecule has 1 N–H and O–H groups in total. The van der Waals surface area contributed by atoms with Crippen molar-refractivity contribution in [3.8, 4) is 0 Å². The number of ether oxygens (including phenoxy) is 1. The largest absolute Gasteiger partial charge is 0.454 e. The number of fused-ring (bicyclic) bond motifs is 3. The standard InChI is InChI=1S/C30H33N2O3/c1-22-9-8-12-25(19-22)27(33)20-32-17-15-23(16-18-32)28(21-32)35-30(34)29(24-10-4-2-5-11-24)31-26-13-6-3-7-14-26/h2-14,19,23,28-29,31H,15-18,20-21H2,1H3/q+1/t23?,28-,29?,32?/m0/s1. The summed E-state index contributed by atoms with van der Waals surface area (Å²) < 4.78 is 6.93. The van der Waals surface area contributed by atoms with Crippen molar-refractivity contribution < 1.29 is 18.8 Å². The molecule has 2 bridgehead atoms. The number of hydrogen-bond donors (Lipinski definition) is 1. The van der Waals surface area contributed by atoms with Gasteiger partial charge in [0.25, 0.3) is 0 Å². The topological polar surface area (TPSA) is 55.4 Å². The minimum absolute atomic E-state index is 0.168. The molecule has 0 amide bonds. The molecule has 3 aromatic carbocycles. The van der Waals surface area contributed by atoms with E-state index in [2.05, 4.69) is 5.32 Å². The molecule has 2 atom stereocenters. The molecule has 3 aromatic rings. The van der Waals surface area contributed by atoms with Gasteiger partial charge in [0.1, 0.15) is 13.1 Å². The van der Waals surface area contributed by atoms with Crippen LogP contribution in [0, 0.1) is 12.8 Å². The van der Waals surface area contributed by atoms with E-state index in [9.17, 15) is 9.59 Å². The molecular formula is C30H33N2O3+. The Balaban J connectivity index is 1.31. The minimum atomic E-state index is -0.587. The Bertz CT molecular complexity index is 1170. The number of ketones is 1. The molecule has 3 aliphatic rings. The maximum atomic E-state index is 13.5. The van der Waals surface area contributed by atoms with Crippen LogP contribution in [0.2, 0.25) is 0 Å². The van der Waals surface area contributed by atoms with Crippen LogP contribution in [0.3, 0.4) is 0 Å². The lowest BCUT2D eigenvalue weighted by molar-refractivity contribution is -0.938. The number of piperidine rings is 3. The van der Waals surface area contributed by atoms with Crippen molar-refractivity contribution >= 4 is 17.4 Å². The minimum Gasteiger partial charge on any atom is -0.454 e. The number of aryl methyl sites for hydroxylation is 1. The van der Waals surface area contributed by atoms with Crippen LogP contribution in [-0.4, -0.2) is 48.5 Å². The predicted molar refractivity (Wildman–Crippen MR) is 137 cm³/mol. The molecule has 3 fully saturated rings. The number of nitrogens with zero attached hydrogens (tertiary/aromatic N) is 1. The number of rotatable bonds is 8. The first-order chi connectivity index (χ1) is 17.0. The number of quaternary nitrogens is 1. The first-order valence-electron chi connectivity index (χ1n) is 12.5. The fourth-order valence-corrected chi connectivity index (χ4v) is 5.63. The van der Waals surface area contributed by atoms with Crippen molar-refractivity contribution in [2.45, 2.75) is 31.9 Å². The van der Waals surface area contributed by atoms with Crippen LogP contribution in [0.1, 0.15) is 40.4 Å². The normalized spacial score (nSPS) is 23.9. The predicted octanol–water partition coefficient (Wildman–Crippen LogP) is 5.18. The lowest BCUT2D eigenvalue weighted by Gasteiger charge is -2.51. The van der Waals surface area contributed by atoms with Gasteiger partial charge >= 0.3 is 5.97 Å². The van der Waals surface area contributed by atoms with E-state index in [0.29, 0.717) is 23.5 Å². The van der Waals surface area contributed by atoms with E-state index in [-0.39, 0.29) is 17.9 Å². The van der Waals surface area contributed by atoms with Gasteiger partial charge in [0, 0.05) is 30.0 Å². The second-order valence-corrected chi connectivity index (χ2v) is 10.1. The zero-order chi connectivity index (χ0) is 24.3. The molecule has 0 spiro atoms. The molecule has 0 aliphatic carbocycles. The fourth-order valence-electron chi connectivity index (χ4n) is 5.63. The molecule has 3 saturated heterocycles. The van der Waals surface area contributed by atoms with Crippen molar-refractivity contribution in [1.29, 1.82) is 0 Å². The van der Waals surface area contributed by atoms with Crippen LogP contribution in [0.15, 0.2) is 84.9 Å². The van der Waals surface area contributed by atoms with Gasteiger partial charge in [0.05, 0.1) is 13.1 Å². The van der Waals surface area contributed by atoms with Crippen LogP contribution in [-0.2, 0) is 9.53 Å². The Hall–Kier alpha value is -3.44. The number of Topliss-reactive ketones (excluding diaryl/α,β-unsaturated/α-hetero) is 1. The third kappa shape index (κ3) is 5.30. The number of carbonyl (C=O) groups excluding carboxylic acids is 2. The van der Waals surface area contributed by atoms with Gasteiger partial charge in [-0.2, -0.15) is 0 Å². The summed E-state index contributed by atoms with van der Waals surface area (Å²) >= 11 is 0. The number of para-hydroxylation sites is 1. The number of benzene rings is 3. The molecule has 5 heteroatoms. The van der Waals surface area contributed by atoms with Gasteiger partial charge in [-0.15, -0.1) is 0 Å². The van der Waals surface area contributed by atoms with Crippen molar-refractivity contribution in [3.63, 3.8) is 0 Å². The van der Waals surface area contributed by atoms with Crippen molar-refractivity contribution in [2.24, 2.45) is 5.92 Å². The number of nitrogens with one attached hydrogen (secondary N) is 1. The maximum absolute atomic E-state index is 13.5. The molecule has 6 rings (SSSR count). The maximum Gasteiger partial charge on any atom is 0.333 e. The first kappa shape index (κ1) is 23.3. The van der Waals surface area contributed by atoms with E-state index < -0.39 is 6.04 Å². The van der Waals surface area contributed by atoms with Gasteiger partial charge in [-0.3, -0.25) is 4.79 Å². The number of anilines is 1. The van der Waals surface area contributed by atoms with E-state index in [1.165, 1.54) is 0 Å². The molecule has 180 valence electrons. The van der Waals surface area contributed by atoms with Crippen LogP contribution in [0.5, 0.6) is 0 Å². The molecule has 0 aromatic heterocycles. The van der Waals surface area contributed by atoms with Gasteiger partial charge in [0.2, 0.25) is 5.78 Å². The Morgan fingerprint density at radius 2 is 1.63 bits per heavy atom. The molecule has 3 heterocycles. The quantitative estimate of drug-likeness (QED) is 0.280. The fraction of sp³-hybridized carbons (Fsp3) is 0.333. The average Bonchev–Trinajstić information content (AvgIpc) is 2.89. The van der Waals surface area contributed by atoms with Crippen LogP contribution >= 0.6 is 0 Å². The first-order valence-corrected chi connectivity index (χ1v) is 12.5. The Morgan fingerprint density at radius 3 is 2.31 bits per heavy atom. The highest BCUT2D eigenvalue weighted by Gasteiger charge is 2.49. The van der Waals surface area contributed by atoms with Gasteiger partial charge in [-0.25, -0.2) is 4.79 Å². The summed E-state index contributed by atoms with van der Waals surface area (Å²) in [4.78, 5) is 26.7. The number of carbonyl (C=O) groups is 2. The van der Waals surface area contributed by atoms with E-state index in [4.69, 9.17) is 4.74 Å². The van der Waals surface area contributed by atoms with Crippen LogP contribution in [0.25, 0.3) is 0 Å². The second kappa shape index (κ2) is 10.0. The van der Waals surface area contributed by atoms with Gasteiger partial charge in [0.15, 0.2) is 12.1 Å². The van der Waals surface area contributed by atoms with Gasteiger partial charge in [-0.1, -0.05) is 72.3 Å². The SMILES string of the molecule is Cc1cccc(C(=O)C[N+]23CCC(CC2)[C@@H](OC(=O)C(Nc2ccccc2)c2ccccc2)C3)c1. The number of esters is 1. The molecule has 1 unspecified atom stereocenters. The van der Waals surface area contributed by atoms with E-state index in [0.717, 1.165) is 48.3 Å². The lowest BCUT2D eigenvalue weighted by Crippen LogP contribution is -2.65. The molecule has 3 aliphatic heterocycles. The van der Waals surface area contributed by atoms with E-state index in [1.807, 2.05) is 91.9 Å². The zero-order valence-corrected chi connectivity index (χ0v) is 20.2. The monoisotopic (exact) mass is 469 g/mol. The van der Waals surface area contributed by atoms with Crippen molar-refractivity contribution in [3.05, 3.63) is 102 Å². The summed E-state index contributed by atoms with van der Waals surface area (Å²) in [6.07, 6.45) is 1.81. The highest BCUT2D eigenvalue weighted by molar-refractivity contribution is 5.97. The van der Waals surface area contributed by atoms with Crippen molar-refractivity contribution in [2.75, 3.05) is 31.5 Å². The third-order valence-electron chi connectivity index (χ3n) is 7.58. The third-order valence-corrected chi connectivity index (χ3v) is 7.58. The summed E-state index contributed by atoms with van der Waals surface area (Å²) in [5, 5.41) is 3.36.